The smallest absolute Gasteiger partial charge is 0.0782 e. The van der Waals surface area contributed by atoms with E-state index in [-0.39, 0.29) is 0 Å². The van der Waals surface area contributed by atoms with Crippen LogP contribution < -0.4 is 11.5 Å². The van der Waals surface area contributed by atoms with Gasteiger partial charge in [-0.25, -0.2) is 0 Å². The van der Waals surface area contributed by atoms with Crippen molar-refractivity contribution in [1.82, 2.24) is 4.98 Å². The molecule has 0 radical (unpaired) electrons. The van der Waals surface area contributed by atoms with Gasteiger partial charge < -0.3 is 16.9 Å². The minimum atomic E-state index is 0.581. The van der Waals surface area contributed by atoms with Crippen molar-refractivity contribution in [2.24, 2.45) is 0 Å². The summed E-state index contributed by atoms with van der Waals surface area (Å²) in [6.07, 6.45) is 2.92. The molecule has 0 spiro atoms. The van der Waals surface area contributed by atoms with Crippen molar-refractivity contribution in [3.63, 3.8) is 0 Å². The number of hydrogen-bond donors (Lipinski definition) is 3. The van der Waals surface area contributed by atoms with Gasteiger partial charge in [-0.15, -0.1) is 0 Å². The number of nitrogens with two attached hydrogens (primary N) is 2. The first-order valence-corrected chi connectivity index (χ1v) is 7.31. The molecular weight excluding hydrogens is 284 g/mol. The van der Waals surface area contributed by atoms with E-state index in [1.165, 1.54) is 11.8 Å². The van der Waals surface area contributed by atoms with E-state index in [9.17, 15) is 0 Å². The zero-order valence-corrected chi connectivity index (χ0v) is 12.9. The van der Waals surface area contributed by atoms with E-state index in [0.29, 0.717) is 16.9 Å². The standard InChI is InChI=1S/C19H18N4/c1-12-3-2-4-14(7-12)19-17(9-16(21)11-23-19)13-5-6-18(22)15(8-13)10-20/h2-11,20H,21-22H2,1H3. The maximum absolute atomic E-state index is 7.49. The summed E-state index contributed by atoms with van der Waals surface area (Å²) in [4.78, 5) is 4.53. The lowest BCUT2D eigenvalue weighted by Crippen LogP contribution is -1.96. The van der Waals surface area contributed by atoms with Crippen molar-refractivity contribution < 1.29 is 0 Å². The molecule has 0 bridgehead atoms. The van der Waals surface area contributed by atoms with Crippen LogP contribution in [0.25, 0.3) is 22.4 Å². The summed E-state index contributed by atoms with van der Waals surface area (Å²) in [5, 5.41) is 7.49. The number of nitrogen functional groups attached to an aromatic ring is 2. The molecule has 5 N–H and O–H groups in total. The van der Waals surface area contributed by atoms with Gasteiger partial charge in [-0.3, -0.25) is 4.98 Å². The highest BCUT2D eigenvalue weighted by atomic mass is 14.7. The largest absolute Gasteiger partial charge is 0.398 e. The average Bonchev–Trinajstić information content (AvgIpc) is 2.55. The Balaban J connectivity index is 2.23. The fraction of sp³-hybridized carbons (Fsp3) is 0.0526. The first-order chi connectivity index (χ1) is 11.1. The molecule has 0 aliphatic carbocycles. The molecule has 0 saturated heterocycles. The number of nitrogens with one attached hydrogen (secondary N) is 1. The Morgan fingerprint density at radius 3 is 2.57 bits per heavy atom. The van der Waals surface area contributed by atoms with Crippen LogP contribution in [0.4, 0.5) is 11.4 Å². The summed E-state index contributed by atoms with van der Waals surface area (Å²) in [6.45, 7) is 2.05. The Kier molecular flexibility index (Phi) is 3.81. The number of rotatable bonds is 3. The number of hydrogen-bond acceptors (Lipinski definition) is 4. The quantitative estimate of drug-likeness (QED) is 0.506. The molecule has 1 heterocycles. The van der Waals surface area contributed by atoms with Crippen LogP contribution in [-0.2, 0) is 0 Å². The zero-order valence-electron chi connectivity index (χ0n) is 12.9. The van der Waals surface area contributed by atoms with Crippen molar-refractivity contribution in [3.8, 4) is 22.4 Å². The molecule has 4 nitrogen and oxygen atoms in total. The zero-order chi connectivity index (χ0) is 16.4. The van der Waals surface area contributed by atoms with Gasteiger partial charge in [0.2, 0.25) is 0 Å². The summed E-state index contributed by atoms with van der Waals surface area (Å²) < 4.78 is 0. The minimum absolute atomic E-state index is 0.581. The molecule has 0 saturated carbocycles. The van der Waals surface area contributed by atoms with Gasteiger partial charge in [0.05, 0.1) is 17.6 Å². The molecule has 23 heavy (non-hydrogen) atoms. The lowest BCUT2D eigenvalue weighted by Gasteiger charge is -2.12. The summed E-state index contributed by atoms with van der Waals surface area (Å²) >= 11 is 0. The summed E-state index contributed by atoms with van der Waals surface area (Å²) in [5.74, 6) is 0. The third-order valence-electron chi connectivity index (χ3n) is 3.75. The first kappa shape index (κ1) is 14.8. The summed E-state index contributed by atoms with van der Waals surface area (Å²) in [7, 11) is 0. The van der Waals surface area contributed by atoms with Crippen LogP contribution in [0.1, 0.15) is 11.1 Å². The summed E-state index contributed by atoms with van der Waals surface area (Å²) in [6, 6.07) is 15.7. The van der Waals surface area contributed by atoms with E-state index in [0.717, 1.165) is 22.4 Å². The van der Waals surface area contributed by atoms with Gasteiger partial charge in [0, 0.05) is 28.6 Å². The van der Waals surface area contributed by atoms with Crippen LogP contribution >= 0.6 is 0 Å². The Morgan fingerprint density at radius 2 is 1.83 bits per heavy atom. The van der Waals surface area contributed by atoms with E-state index in [1.807, 2.05) is 30.3 Å². The third-order valence-corrected chi connectivity index (χ3v) is 3.75. The van der Waals surface area contributed by atoms with Crippen molar-refractivity contribution in [2.45, 2.75) is 6.92 Å². The fourth-order valence-corrected chi connectivity index (χ4v) is 2.59. The number of aryl methyl sites for hydroxylation is 1. The lowest BCUT2D eigenvalue weighted by molar-refractivity contribution is 1.32. The SMILES string of the molecule is Cc1cccc(-c2ncc(N)cc2-c2ccc(N)c(C=N)c2)c1. The maximum atomic E-state index is 7.49. The number of nitrogens with zero attached hydrogens (tertiary/aromatic N) is 1. The molecule has 0 amide bonds. The Morgan fingerprint density at radius 1 is 1.00 bits per heavy atom. The first-order valence-electron chi connectivity index (χ1n) is 7.31. The highest BCUT2D eigenvalue weighted by molar-refractivity contribution is 5.90. The van der Waals surface area contributed by atoms with Crippen LogP contribution in [0.2, 0.25) is 0 Å². The Labute approximate surface area is 135 Å². The van der Waals surface area contributed by atoms with Crippen LogP contribution in [0.3, 0.4) is 0 Å². The van der Waals surface area contributed by atoms with Crippen LogP contribution in [0.15, 0.2) is 54.7 Å². The number of anilines is 2. The topological polar surface area (TPSA) is 88.8 Å². The van der Waals surface area contributed by atoms with Gasteiger partial charge in [-0.05, 0) is 36.8 Å². The van der Waals surface area contributed by atoms with Crippen molar-refractivity contribution in [2.75, 3.05) is 11.5 Å². The minimum Gasteiger partial charge on any atom is -0.398 e. The van der Waals surface area contributed by atoms with Crippen molar-refractivity contribution in [3.05, 3.63) is 65.9 Å². The second kappa shape index (κ2) is 5.93. The van der Waals surface area contributed by atoms with E-state index >= 15 is 0 Å². The van der Waals surface area contributed by atoms with E-state index in [1.54, 1.807) is 12.3 Å². The number of aromatic nitrogens is 1. The normalized spacial score (nSPS) is 10.5. The summed E-state index contributed by atoms with van der Waals surface area (Å²) in [5.41, 5.74) is 18.6. The molecule has 0 aliphatic rings. The van der Waals surface area contributed by atoms with Crippen LogP contribution in [-0.4, -0.2) is 11.2 Å². The molecule has 0 aliphatic heterocycles. The Hall–Kier alpha value is -3.14. The maximum Gasteiger partial charge on any atom is 0.0782 e. The highest BCUT2D eigenvalue weighted by Gasteiger charge is 2.11. The average molecular weight is 302 g/mol. The molecule has 1 aromatic heterocycles. The van der Waals surface area contributed by atoms with E-state index < -0.39 is 0 Å². The molecule has 2 aromatic carbocycles. The Bertz CT molecular complexity index is 884. The molecule has 3 rings (SSSR count). The fourth-order valence-electron chi connectivity index (χ4n) is 2.59. The number of benzene rings is 2. The number of pyridine rings is 1. The van der Waals surface area contributed by atoms with Crippen molar-refractivity contribution in [1.29, 1.82) is 5.41 Å². The van der Waals surface area contributed by atoms with E-state index in [4.69, 9.17) is 16.9 Å². The van der Waals surface area contributed by atoms with Gasteiger partial charge in [-0.1, -0.05) is 29.8 Å². The van der Waals surface area contributed by atoms with Gasteiger partial charge in [0.25, 0.3) is 0 Å². The second-order valence-corrected chi connectivity index (χ2v) is 5.52. The lowest BCUT2D eigenvalue weighted by atomic mass is 9.96. The highest BCUT2D eigenvalue weighted by Crippen LogP contribution is 2.33. The monoisotopic (exact) mass is 302 g/mol. The van der Waals surface area contributed by atoms with Gasteiger partial charge in [-0.2, -0.15) is 0 Å². The predicted octanol–water partition coefficient (Wildman–Crippen LogP) is 3.89. The molecule has 0 atom stereocenters. The molecular formula is C19H18N4. The molecule has 4 heteroatoms. The third kappa shape index (κ3) is 2.92. The molecule has 0 fully saturated rings. The van der Waals surface area contributed by atoms with Gasteiger partial charge in [0.1, 0.15) is 0 Å². The second-order valence-electron chi connectivity index (χ2n) is 5.52. The molecule has 114 valence electrons. The molecule has 3 aromatic rings. The van der Waals surface area contributed by atoms with Crippen LogP contribution in [0, 0.1) is 12.3 Å². The molecule has 0 unspecified atom stereocenters. The van der Waals surface area contributed by atoms with Crippen molar-refractivity contribution >= 4 is 17.6 Å². The van der Waals surface area contributed by atoms with Gasteiger partial charge >= 0.3 is 0 Å². The van der Waals surface area contributed by atoms with E-state index in [2.05, 4.69) is 24.0 Å². The predicted molar refractivity (Wildman–Crippen MR) is 96.6 cm³/mol. The van der Waals surface area contributed by atoms with Gasteiger partial charge in [0.15, 0.2) is 0 Å². The van der Waals surface area contributed by atoms with Crippen LogP contribution in [0.5, 0.6) is 0 Å².